The maximum atomic E-state index is 14.0. The number of nitrogens with zero attached hydrogens (tertiary/aromatic N) is 3. The molecule has 0 saturated carbocycles. The van der Waals surface area contributed by atoms with Gasteiger partial charge >= 0.3 is 5.97 Å². The molecule has 2 aliphatic rings. The van der Waals surface area contributed by atoms with Crippen LogP contribution in [-0.2, 0) is 9.53 Å². The highest BCUT2D eigenvalue weighted by molar-refractivity contribution is 7.07. The number of benzene rings is 2. The van der Waals surface area contributed by atoms with E-state index in [1.807, 2.05) is 18.2 Å². The summed E-state index contributed by atoms with van der Waals surface area (Å²) in [5.74, 6) is 0.588. The molecule has 1 atom stereocenters. The summed E-state index contributed by atoms with van der Waals surface area (Å²) >= 11 is 1.30. The van der Waals surface area contributed by atoms with Crippen molar-refractivity contribution in [2.24, 2.45) is 4.99 Å². The van der Waals surface area contributed by atoms with Crippen LogP contribution in [0.1, 0.15) is 57.2 Å². The second-order valence-electron chi connectivity index (χ2n) is 10.3. The minimum absolute atomic E-state index is 0.235. The number of aromatic nitrogens is 1. The zero-order chi connectivity index (χ0) is 28.4. The van der Waals surface area contributed by atoms with E-state index in [-0.39, 0.29) is 11.7 Å². The monoisotopic (exact) mass is 561 g/mol. The van der Waals surface area contributed by atoms with Gasteiger partial charge in [0.15, 0.2) is 4.80 Å². The molecule has 0 radical (unpaired) electrons. The number of methoxy groups -OCH3 is 2. The highest BCUT2D eigenvalue weighted by Gasteiger charge is 2.35. The first-order valence-electron chi connectivity index (χ1n) is 13.6. The Morgan fingerprint density at radius 1 is 1.05 bits per heavy atom. The number of esters is 1. The van der Waals surface area contributed by atoms with Crippen LogP contribution in [0.4, 0.5) is 5.69 Å². The van der Waals surface area contributed by atoms with Crippen molar-refractivity contribution in [3.63, 3.8) is 0 Å². The number of thiazole rings is 1. The summed E-state index contributed by atoms with van der Waals surface area (Å²) in [5.41, 5.74) is 3.31. The molecule has 1 saturated heterocycles. The fourth-order valence-electron chi connectivity index (χ4n) is 5.29. The van der Waals surface area contributed by atoms with Gasteiger partial charge in [0.25, 0.3) is 5.56 Å². The van der Waals surface area contributed by atoms with Crippen LogP contribution in [0, 0.1) is 0 Å². The van der Waals surface area contributed by atoms with Crippen molar-refractivity contribution in [2.45, 2.75) is 52.2 Å². The Labute approximate surface area is 237 Å². The summed E-state index contributed by atoms with van der Waals surface area (Å²) in [6.45, 7) is 7.51. The smallest absolute Gasteiger partial charge is 0.338 e. The lowest BCUT2D eigenvalue weighted by molar-refractivity contribution is -0.143. The summed E-state index contributed by atoms with van der Waals surface area (Å²) < 4.78 is 18.9. The third kappa shape index (κ3) is 5.43. The molecule has 2 aromatic carbocycles. The fourth-order valence-corrected chi connectivity index (χ4v) is 6.34. The van der Waals surface area contributed by atoms with E-state index in [0.717, 1.165) is 18.7 Å². The third-order valence-corrected chi connectivity index (χ3v) is 8.21. The second kappa shape index (κ2) is 11.7. The zero-order valence-corrected chi connectivity index (χ0v) is 24.4. The predicted molar refractivity (Wildman–Crippen MR) is 157 cm³/mol. The van der Waals surface area contributed by atoms with Gasteiger partial charge in [0.1, 0.15) is 17.5 Å². The van der Waals surface area contributed by atoms with Crippen LogP contribution in [0.2, 0.25) is 0 Å². The largest absolute Gasteiger partial charge is 0.497 e. The molecule has 9 heteroatoms. The Morgan fingerprint density at radius 2 is 1.77 bits per heavy atom. The SMILES string of the molecule is COc1ccc(OC)c([C@H]2C(C(=O)OC(C)C)=C(C)N=c3s/c(=C\c4ccc(N5CCCCC5)cc4)c(=O)n32)c1. The molecule has 0 aliphatic carbocycles. The highest BCUT2D eigenvalue weighted by atomic mass is 32.1. The van der Waals surface area contributed by atoms with Crippen molar-refractivity contribution in [3.8, 4) is 11.5 Å². The van der Waals surface area contributed by atoms with E-state index < -0.39 is 12.0 Å². The molecular weight excluding hydrogens is 526 g/mol. The van der Waals surface area contributed by atoms with Crippen LogP contribution in [-0.4, -0.2) is 43.9 Å². The molecule has 8 nitrogen and oxygen atoms in total. The summed E-state index contributed by atoms with van der Waals surface area (Å²) in [6, 6.07) is 12.9. The van der Waals surface area contributed by atoms with Crippen LogP contribution < -0.4 is 29.3 Å². The van der Waals surface area contributed by atoms with Crippen molar-refractivity contribution < 1.29 is 19.0 Å². The Bertz CT molecular complexity index is 1610. The van der Waals surface area contributed by atoms with E-state index in [9.17, 15) is 9.59 Å². The van der Waals surface area contributed by atoms with Crippen LogP contribution in [0.3, 0.4) is 0 Å². The maximum Gasteiger partial charge on any atom is 0.338 e. The molecule has 1 aromatic heterocycles. The lowest BCUT2D eigenvalue weighted by Gasteiger charge is -2.28. The van der Waals surface area contributed by atoms with Crippen molar-refractivity contribution in [1.29, 1.82) is 0 Å². The number of allylic oxidation sites excluding steroid dienone is 1. The molecule has 5 rings (SSSR count). The molecule has 40 heavy (non-hydrogen) atoms. The second-order valence-corrected chi connectivity index (χ2v) is 11.3. The number of carbonyl (C=O) groups is 1. The Hall–Kier alpha value is -3.85. The molecule has 0 N–H and O–H groups in total. The zero-order valence-electron chi connectivity index (χ0n) is 23.6. The first kappa shape index (κ1) is 27.7. The van der Waals surface area contributed by atoms with Crippen LogP contribution in [0.15, 0.2) is 63.5 Å². The van der Waals surface area contributed by atoms with Gasteiger partial charge in [-0.05, 0) is 82.0 Å². The van der Waals surface area contributed by atoms with Gasteiger partial charge in [0, 0.05) is 24.3 Å². The van der Waals surface area contributed by atoms with E-state index in [1.165, 1.54) is 36.3 Å². The van der Waals surface area contributed by atoms with Gasteiger partial charge in [-0.1, -0.05) is 23.5 Å². The lowest BCUT2D eigenvalue weighted by atomic mass is 9.94. The predicted octanol–water partition coefficient (Wildman–Crippen LogP) is 4.19. The summed E-state index contributed by atoms with van der Waals surface area (Å²) in [4.78, 5) is 35.0. The molecule has 0 bridgehead atoms. The fraction of sp³-hybridized carbons (Fsp3) is 0.387. The Balaban J connectivity index is 1.64. The van der Waals surface area contributed by atoms with Crippen molar-refractivity contribution >= 4 is 29.1 Å². The van der Waals surface area contributed by atoms with E-state index >= 15 is 0 Å². The number of carbonyl (C=O) groups excluding carboxylic acids is 1. The first-order valence-corrected chi connectivity index (χ1v) is 14.4. The number of hydrogen-bond acceptors (Lipinski definition) is 8. The molecule has 1 fully saturated rings. The summed E-state index contributed by atoms with van der Waals surface area (Å²) in [6.07, 6.45) is 5.27. The molecule has 0 spiro atoms. The Kier molecular flexibility index (Phi) is 8.12. The van der Waals surface area contributed by atoms with Gasteiger partial charge < -0.3 is 19.1 Å². The van der Waals surface area contributed by atoms with E-state index in [1.54, 1.807) is 57.8 Å². The summed E-state index contributed by atoms with van der Waals surface area (Å²) in [5, 5.41) is 0. The molecule has 0 amide bonds. The maximum absolute atomic E-state index is 14.0. The molecule has 3 aromatic rings. The quantitative estimate of drug-likeness (QED) is 0.403. The number of fused-ring (bicyclic) bond motifs is 1. The number of anilines is 1. The van der Waals surface area contributed by atoms with Gasteiger partial charge in [0.05, 0.1) is 36.1 Å². The lowest BCUT2D eigenvalue weighted by Crippen LogP contribution is -2.40. The molecular formula is C31H35N3O5S. The number of hydrogen-bond donors (Lipinski definition) is 0. The Morgan fingerprint density at radius 3 is 2.42 bits per heavy atom. The van der Waals surface area contributed by atoms with Crippen LogP contribution in [0.25, 0.3) is 6.08 Å². The number of piperidine rings is 1. The van der Waals surface area contributed by atoms with Crippen molar-refractivity contribution in [2.75, 3.05) is 32.2 Å². The van der Waals surface area contributed by atoms with E-state index in [2.05, 4.69) is 22.0 Å². The molecule has 3 heterocycles. The molecule has 0 unspecified atom stereocenters. The minimum atomic E-state index is -0.795. The van der Waals surface area contributed by atoms with Gasteiger partial charge in [0.2, 0.25) is 0 Å². The van der Waals surface area contributed by atoms with Gasteiger partial charge in [-0.2, -0.15) is 0 Å². The average Bonchev–Trinajstić information content (AvgIpc) is 3.26. The average molecular weight is 562 g/mol. The molecule has 210 valence electrons. The highest BCUT2D eigenvalue weighted by Crippen LogP contribution is 2.38. The van der Waals surface area contributed by atoms with Gasteiger partial charge in [-0.15, -0.1) is 0 Å². The summed E-state index contributed by atoms with van der Waals surface area (Å²) in [7, 11) is 3.13. The number of rotatable bonds is 7. The number of ether oxygens (including phenoxy) is 3. The normalized spacial score (nSPS) is 17.5. The first-order chi connectivity index (χ1) is 19.3. The van der Waals surface area contributed by atoms with E-state index in [4.69, 9.17) is 14.2 Å². The van der Waals surface area contributed by atoms with Crippen molar-refractivity contribution in [3.05, 3.63) is 84.5 Å². The van der Waals surface area contributed by atoms with Crippen molar-refractivity contribution in [1.82, 2.24) is 4.57 Å². The van der Waals surface area contributed by atoms with Gasteiger partial charge in [-0.3, -0.25) is 9.36 Å². The van der Waals surface area contributed by atoms with Crippen LogP contribution in [0.5, 0.6) is 11.5 Å². The third-order valence-electron chi connectivity index (χ3n) is 7.23. The standard InChI is InChI=1S/C31H35N3O5S/c1-19(2)39-30(36)27-20(3)32-31-34(28(27)24-18-23(37-4)13-14-25(24)38-5)29(35)26(40-31)17-21-9-11-22(12-10-21)33-15-7-6-8-16-33/h9-14,17-19,28H,6-8,15-16H2,1-5H3/b26-17-/t28-/m0/s1. The minimum Gasteiger partial charge on any atom is -0.497 e. The van der Waals surface area contributed by atoms with Crippen LogP contribution >= 0.6 is 11.3 Å². The van der Waals surface area contributed by atoms with Gasteiger partial charge in [-0.25, -0.2) is 9.79 Å². The molecule has 2 aliphatic heterocycles. The van der Waals surface area contributed by atoms with E-state index in [0.29, 0.717) is 37.7 Å². The topological polar surface area (TPSA) is 82.4 Å².